The van der Waals surface area contributed by atoms with Crippen molar-refractivity contribution in [3.8, 4) is 0 Å². The Morgan fingerprint density at radius 3 is 1.18 bits per heavy atom. The lowest BCUT2D eigenvalue weighted by molar-refractivity contribution is -0.301. The van der Waals surface area contributed by atoms with Gasteiger partial charge in [0.2, 0.25) is 0 Å². The minimum atomic E-state index is -1.92. The van der Waals surface area contributed by atoms with Gasteiger partial charge in [0.25, 0.3) is 0 Å². The molecular formula is C71H114O12. The summed E-state index contributed by atoms with van der Waals surface area (Å²) in [5.74, 6) is -3.20. The van der Waals surface area contributed by atoms with Crippen LogP contribution >= 0.6 is 0 Å². The number of carboxylic acids is 1. The number of aliphatic hydroxyl groups excluding tert-OH is 2. The van der Waals surface area contributed by atoms with Crippen LogP contribution in [0.4, 0.5) is 0 Å². The van der Waals surface area contributed by atoms with Crippen molar-refractivity contribution >= 4 is 23.9 Å². The SMILES string of the molecule is CC/C=C\C/C=C\C/C=C\C/C=C\C/C=C\CCCCCC(=O)OCC(COC1OC(C(=O)O)C(O)C(O)C1OC(=O)CCCCCCCC/C=C\C/C=C\C/C=C\C/C=C\CC)OC(=O)CCCCCCC/C=C\CCCCCCCC. The third-order valence-electron chi connectivity index (χ3n) is 14.0. The highest BCUT2D eigenvalue weighted by Gasteiger charge is 2.50. The molecule has 3 N–H and O–H groups in total. The zero-order valence-electron chi connectivity index (χ0n) is 51.9. The number of carboxylic acid groups (broad SMARTS) is 1. The Morgan fingerprint density at radius 2 is 0.759 bits per heavy atom. The normalized spacial score (nSPS) is 18.4. The van der Waals surface area contributed by atoms with Gasteiger partial charge in [-0.15, -0.1) is 0 Å². The van der Waals surface area contributed by atoms with Gasteiger partial charge < -0.3 is 39.0 Å². The topological polar surface area (TPSA) is 175 Å². The van der Waals surface area contributed by atoms with Crippen molar-refractivity contribution in [3.05, 3.63) is 122 Å². The minimum absolute atomic E-state index is 0.0340. The van der Waals surface area contributed by atoms with Crippen LogP contribution in [-0.4, -0.2) is 89.2 Å². The van der Waals surface area contributed by atoms with Gasteiger partial charge in [-0.25, -0.2) is 4.79 Å². The molecule has 1 aliphatic rings. The van der Waals surface area contributed by atoms with E-state index in [0.717, 1.165) is 154 Å². The first kappa shape index (κ1) is 76.1. The predicted octanol–water partition coefficient (Wildman–Crippen LogP) is 17.6. The van der Waals surface area contributed by atoms with Crippen LogP contribution in [-0.2, 0) is 42.9 Å². The van der Waals surface area contributed by atoms with Gasteiger partial charge >= 0.3 is 23.9 Å². The van der Waals surface area contributed by atoms with Gasteiger partial charge in [-0.2, -0.15) is 0 Å². The van der Waals surface area contributed by atoms with Crippen LogP contribution < -0.4 is 0 Å². The molecule has 1 saturated heterocycles. The molecule has 0 bridgehead atoms. The van der Waals surface area contributed by atoms with E-state index in [0.29, 0.717) is 19.3 Å². The molecule has 0 aromatic heterocycles. The molecule has 0 radical (unpaired) electrons. The van der Waals surface area contributed by atoms with Gasteiger partial charge in [0.15, 0.2) is 24.6 Å². The van der Waals surface area contributed by atoms with E-state index in [9.17, 15) is 34.5 Å². The number of esters is 3. The number of carbonyl (C=O) groups excluding carboxylic acids is 3. The summed E-state index contributed by atoms with van der Waals surface area (Å²) in [6.45, 7) is 5.73. The van der Waals surface area contributed by atoms with Gasteiger partial charge in [0, 0.05) is 19.3 Å². The summed E-state index contributed by atoms with van der Waals surface area (Å²) in [6, 6.07) is 0. The van der Waals surface area contributed by atoms with Crippen molar-refractivity contribution in [2.75, 3.05) is 13.2 Å². The summed E-state index contributed by atoms with van der Waals surface area (Å²) in [5.41, 5.74) is 0. The maximum atomic E-state index is 13.2. The molecule has 470 valence electrons. The molecule has 0 aromatic carbocycles. The van der Waals surface area contributed by atoms with E-state index in [-0.39, 0.29) is 25.9 Å². The largest absolute Gasteiger partial charge is 0.479 e. The first-order valence-corrected chi connectivity index (χ1v) is 32.5. The molecule has 83 heavy (non-hydrogen) atoms. The van der Waals surface area contributed by atoms with Gasteiger partial charge in [-0.1, -0.05) is 226 Å². The first-order valence-electron chi connectivity index (χ1n) is 32.5. The van der Waals surface area contributed by atoms with E-state index in [1.165, 1.54) is 38.5 Å². The molecule has 12 nitrogen and oxygen atoms in total. The molecule has 1 fully saturated rings. The van der Waals surface area contributed by atoms with E-state index in [1.807, 2.05) is 0 Å². The fourth-order valence-electron chi connectivity index (χ4n) is 9.09. The molecule has 0 aliphatic carbocycles. The Labute approximate surface area is 503 Å². The lowest BCUT2D eigenvalue weighted by Crippen LogP contribution is -2.61. The van der Waals surface area contributed by atoms with Crippen LogP contribution in [0.1, 0.15) is 252 Å². The van der Waals surface area contributed by atoms with Gasteiger partial charge in [-0.05, 0) is 128 Å². The molecule has 0 aromatic rings. The summed E-state index contributed by atoms with van der Waals surface area (Å²) in [7, 11) is 0. The lowest BCUT2D eigenvalue weighted by Gasteiger charge is -2.40. The lowest BCUT2D eigenvalue weighted by atomic mass is 9.98. The number of hydrogen-bond donors (Lipinski definition) is 3. The molecule has 0 saturated carbocycles. The van der Waals surface area contributed by atoms with Crippen molar-refractivity contribution in [1.29, 1.82) is 0 Å². The van der Waals surface area contributed by atoms with Crippen LogP contribution in [0.25, 0.3) is 0 Å². The average Bonchev–Trinajstić information content (AvgIpc) is 3.57. The van der Waals surface area contributed by atoms with E-state index >= 15 is 0 Å². The Hall–Kier alpha value is -4.88. The number of aliphatic carboxylic acids is 1. The molecule has 6 atom stereocenters. The summed E-state index contributed by atoms with van der Waals surface area (Å²) < 4.78 is 28.5. The van der Waals surface area contributed by atoms with Gasteiger partial charge in [0.1, 0.15) is 18.8 Å². The van der Waals surface area contributed by atoms with Crippen molar-refractivity contribution in [1.82, 2.24) is 0 Å². The minimum Gasteiger partial charge on any atom is -0.479 e. The molecule has 1 aliphatic heterocycles. The molecule has 1 heterocycles. The van der Waals surface area contributed by atoms with E-state index in [4.69, 9.17) is 23.7 Å². The van der Waals surface area contributed by atoms with Crippen LogP contribution in [0, 0.1) is 0 Å². The molecule has 6 unspecified atom stereocenters. The summed E-state index contributed by atoms with van der Waals surface area (Å²) in [5, 5.41) is 31.6. The summed E-state index contributed by atoms with van der Waals surface area (Å²) >= 11 is 0. The molecule has 12 heteroatoms. The van der Waals surface area contributed by atoms with E-state index in [2.05, 4.69) is 142 Å². The number of unbranched alkanes of at least 4 members (excludes halogenated alkanes) is 20. The smallest absolute Gasteiger partial charge is 0.335 e. The number of allylic oxidation sites excluding steroid dienone is 20. The van der Waals surface area contributed by atoms with Gasteiger partial charge in [-0.3, -0.25) is 14.4 Å². The second-order valence-corrected chi connectivity index (χ2v) is 21.6. The second-order valence-electron chi connectivity index (χ2n) is 21.6. The van der Waals surface area contributed by atoms with Crippen LogP contribution in [0.2, 0.25) is 0 Å². The maximum Gasteiger partial charge on any atom is 0.335 e. The number of carbonyl (C=O) groups is 4. The fourth-order valence-corrected chi connectivity index (χ4v) is 9.09. The van der Waals surface area contributed by atoms with Crippen molar-refractivity contribution in [2.24, 2.45) is 0 Å². The predicted molar refractivity (Wildman–Crippen MR) is 340 cm³/mol. The zero-order chi connectivity index (χ0) is 60.3. The average molecular weight is 1160 g/mol. The highest BCUT2D eigenvalue weighted by molar-refractivity contribution is 5.74. The number of rotatable bonds is 54. The van der Waals surface area contributed by atoms with Crippen LogP contribution in [0.3, 0.4) is 0 Å². The first-order chi connectivity index (χ1) is 40.6. The molecule has 0 amide bonds. The Balaban J connectivity index is 2.70. The Morgan fingerprint density at radius 1 is 0.410 bits per heavy atom. The second kappa shape index (κ2) is 57.5. The number of aliphatic hydroxyl groups is 2. The van der Waals surface area contributed by atoms with Crippen LogP contribution in [0.5, 0.6) is 0 Å². The molecule has 1 rings (SSSR count). The molecular weight excluding hydrogens is 1040 g/mol. The standard InChI is InChI=1S/C71H114O12/c1-4-7-10-13-16-19-22-25-28-30-32-34-37-39-42-45-48-51-54-57-63(72)79-60-62(81-64(73)58-55-52-49-46-43-40-36-27-24-21-18-15-12-9-6-3)61-80-71-69(67(76)66(75)68(83-71)70(77)78)82-65(74)59-56-53-50-47-44-41-38-35-33-31-29-26-23-20-17-14-11-8-5-2/h7-8,10-11,16-17,19-20,25-29,32-36,39,42,62,66-69,71,75-76H,4-6,9,12-15,18,21-24,30-31,37-38,40-41,43-61H2,1-3H3,(H,77,78)/b10-7-,11-8-,19-16-,20-17-,28-25-,29-26-,34-32-,35-33-,36-27-,42-39-. The highest BCUT2D eigenvalue weighted by atomic mass is 16.7. The van der Waals surface area contributed by atoms with E-state index < -0.39 is 67.3 Å². The fraction of sp³-hybridized carbons (Fsp3) is 0.662. The van der Waals surface area contributed by atoms with Gasteiger partial charge in [0.05, 0.1) is 6.61 Å². The number of ether oxygens (including phenoxy) is 5. The summed E-state index contributed by atoms with van der Waals surface area (Å²) in [6.07, 6.45) is 67.2. The Bertz CT molecular complexity index is 1900. The van der Waals surface area contributed by atoms with Crippen molar-refractivity contribution < 1.29 is 58.2 Å². The Kier molecular flexibility index (Phi) is 52.8. The van der Waals surface area contributed by atoms with Crippen LogP contribution in [0.15, 0.2) is 122 Å². The number of hydrogen-bond acceptors (Lipinski definition) is 11. The summed E-state index contributed by atoms with van der Waals surface area (Å²) in [4.78, 5) is 51.3. The monoisotopic (exact) mass is 1160 g/mol. The third-order valence-corrected chi connectivity index (χ3v) is 14.0. The third kappa shape index (κ3) is 47.1. The van der Waals surface area contributed by atoms with E-state index in [1.54, 1.807) is 0 Å². The quantitative estimate of drug-likeness (QED) is 0.0228. The van der Waals surface area contributed by atoms with Crippen molar-refractivity contribution in [2.45, 2.75) is 289 Å². The van der Waals surface area contributed by atoms with Crippen molar-refractivity contribution in [3.63, 3.8) is 0 Å². The zero-order valence-corrected chi connectivity index (χ0v) is 51.9. The maximum absolute atomic E-state index is 13.2. The molecule has 0 spiro atoms. The highest BCUT2D eigenvalue weighted by Crippen LogP contribution is 2.26.